The Morgan fingerprint density at radius 3 is 2.74 bits per heavy atom. The van der Waals surface area contributed by atoms with Crippen LogP contribution >= 0.6 is 11.3 Å². The first-order valence-corrected chi connectivity index (χ1v) is 9.39. The van der Waals surface area contributed by atoms with Crippen LogP contribution in [0.25, 0.3) is 0 Å². The molecule has 7 nitrogen and oxygen atoms in total. The number of nitrogens with two attached hydrogens (primary N) is 2. The van der Waals surface area contributed by atoms with Crippen molar-refractivity contribution in [3.63, 3.8) is 0 Å². The van der Waals surface area contributed by atoms with Gasteiger partial charge >= 0.3 is 0 Å². The molecule has 1 amide bonds. The lowest BCUT2D eigenvalue weighted by Gasteiger charge is -2.09. The topological polar surface area (TPSA) is 128 Å². The fraction of sp³-hybridized carbons (Fsp3) is 0.286. The second-order valence-corrected chi connectivity index (χ2v) is 7.31. The van der Waals surface area contributed by atoms with Crippen LogP contribution in [0.5, 0.6) is 0 Å². The summed E-state index contributed by atoms with van der Waals surface area (Å²) >= 11 is 1.36. The van der Waals surface area contributed by atoms with Gasteiger partial charge in [-0.1, -0.05) is 13.0 Å². The van der Waals surface area contributed by atoms with Crippen LogP contribution in [0.1, 0.15) is 28.0 Å². The molecule has 9 heteroatoms. The number of aromatic nitrogens is 1. The van der Waals surface area contributed by atoms with Gasteiger partial charge in [0.2, 0.25) is 10.0 Å². The molecule has 0 saturated heterocycles. The molecular weight excluding hydrogens is 336 g/mol. The van der Waals surface area contributed by atoms with E-state index in [4.69, 9.17) is 10.9 Å². The zero-order valence-electron chi connectivity index (χ0n) is 12.6. The largest absolute Gasteiger partial charge is 0.330 e. The van der Waals surface area contributed by atoms with E-state index in [1.807, 2.05) is 6.92 Å². The number of hydrogen-bond donors (Lipinski definition) is 3. The Kier molecular flexibility index (Phi) is 5.47. The molecule has 0 radical (unpaired) electrons. The van der Waals surface area contributed by atoms with Crippen LogP contribution in [-0.4, -0.2) is 25.9 Å². The third-order valence-corrected chi connectivity index (χ3v) is 5.06. The summed E-state index contributed by atoms with van der Waals surface area (Å²) in [4.78, 5) is 16.4. The molecule has 2 aromatic rings. The number of primary sulfonamides is 1. The smallest absolute Gasteiger partial charge is 0.275 e. The molecule has 1 aromatic carbocycles. The first kappa shape index (κ1) is 17.5. The summed E-state index contributed by atoms with van der Waals surface area (Å²) in [7, 11) is -3.85. The minimum Gasteiger partial charge on any atom is -0.330 e. The maximum Gasteiger partial charge on any atom is 0.275 e. The van der Waals surface area contributed by atoms with Crippen LogP contribution in [0.2, 0.25) is 0 Å². The summed E-state index contributed by atoms with van der Waals surface area (Å²) in [5.41, 5.74) is 6.68. The van der Waals surface area contributed by atoms with Gasteiger partial charge in [-0.25, -0.2) is 18.5 Å². The van der Waals surface area contributed by atoms with Crippen molar-refractivity contribution < 1.29 is 13.2 Å². The minimum atomic E-state index is -3.85. The van der Waals surface area contributed by atoms with E-state index in [-0.39, 0.29) is 10.6 Å². The molecule has 1 aromatic heterocycles. The molecule has 1 heterocycles. The van der Waals surface area contributed by atoms with E-state index in [0.29, 0.717) is 30.6 Å². The number of thiazole rings is 1. The number of nitrogens with zero attached hydrogens (tertiary/aromatic N) is 1. The predicted octanol–water partition coefficient (Wildman–Crippen LogP) is 1.11. The molecule has 5 N–H and O–H groups in total. The number of anilines is 1. The molecule has 124 valence electrons. The summed E-state index contributed by atoms with van der Waals surface area (Å²) in [5.74, 6) is -0.408. The number of aryl methyl sites for hydroxylation is 1. The molecule has 0 aliphatic heterocycles. The first-order chi connectivity index (χ1) is 10.8. The van der Waals surface area contributed by atoms with Crippen LogP contribution in [0.15, 0.2) is 28.5 Å². The number of carbonyl (C=O) groups excluding carboxylic acids is 1. The van der Waals surface area contributed by atoms with Gasteiger partial charge in [-0.3, -0.25) is 4.79 Å². The van der Waals surface area contributed by atoms with Gasteiger partial charge in [-0.15, -0.1) is 11.3 Å². The molecule has 0 bridgehead atoms. The highest BCUT2D eigenvalue weighted by atomic mass is 32.2. The van der Waals surface area contributed by atoms with Gasteiger partial charge in [0.1, 0.15) is 5.69 Å². The quantitative estimate of drug-likeness (QED) is 0.716. The van der Waals surface area contributed by atoms with Gasteiger partial charge in [0, 0.05) is 17.5 Å². The van der Waals surface area contributed by atoms with Gasteiger partial charge in [-0.2, -0.15) is 0 Å². The molecule has 0 spiro atoms. The third kappa shape index (κ3) is 4.35. The molecule has 2 rings (SSSR count). The van der Waals surface area contributed by atoms with Crippen molar-refractivity contribution >= 4 is 33.0 Å². The van der Waals surface area contributed by atoms with Crippen LogP contribution in [0.3, 0.4) is 0 Å². The maximum absolute atomic E-state index is 12.2. The average molecular weight is 354 g/mol. The standard InChI is InChI=1S/C14H18N4O3S2/c1-2-9-3-4-10(7-12(9)23(16,20)21)17-14(19)11-8-22-13(18-11)5-6-15/h3-4,7-8H,2,5-6,15H2,1H3,(H,17,19)(H2,16,20,21). The Hall–Kier alpha value is -1.81. The van der Waals surface area contributed by atoms with E-state index in [1.165, 1.54) is 17.4 Å². The number of nitrogens with one attached hydrogen (secondary N) is 1. The summed E-state index contributed by atoms with van der Waals surface area (Å²) in [5, 5.41) is 10.3. The van der Waals surface area contributed by atoms with E-state index in [9.17, 15) is 13.2 Å². The van der Waals surface area contributed by atoms with Crippen molar-refractivity contribution in [2.24, 2.45) is 10.9 Å². The van der Waals surface area contributed by atoms with Crippen LogP contribution in [0, 0.1) is 0 Å². The Morgan fingerprint density at radius 2 is 2.13 bits per heavy atom. The third-order valence-electron chi connectivity index (χ3n) is 3.16. The van der Waals surface area contributed by atoms with E-state index < -0.39 is 15.9 Å². The summed E-state index contributed by atoms with van der Waals surface area (Å²) in [6.45, 7) is 2.29. The Balaban J connectivity index is 2.24. The lowest BCUT2D eigenvalue weighted by Crippen LogP contribution is -2.17. The number of rotatable bonds is 6. The summed E-state index contributed by atoms with van der Waals surface area (Å²) in [6, 6.07) is 4.63. The van der Waals surface area contributed by atoms with E-state index in [0.717, 1.165) is 5.01 Å². The zero-order valence-corrected chi connectivity index (χ0v) is 14.2. The fourth-order valence-corrected chi connectivity index (χ4v) is 3.70. The van der Waals surface area contributed by atoms with Crippen molar-refractivity contribution in [3.05, 3.63) is 39.8 Å². The van der Waals surface area contributed by atoms with Crippen LogP contribution in [-0.2, 0) is 22.9 Å². The van der Waals surface area contributed by atoms with E-state index in [2.05, 4.69) is 10.3 Å². The van der Waals surface area contributed by atoms with E-state index in [1.54, 1.807) is 17.5 Å². The molecule has 23 heavy (non-hydrogen) atoms. The Bertz CT molecular complexity index is 815. The minimum absolute atomic E-state index is 0.0138. The first-order valence-electron chi connectivity index (χ1n) is 6.96. The highest BCUT2D eigenvalue weighted by Crippen LogP contribution is 2.21. The monoisotopic (exact) mass is 354 g/mol. The summed E-state index contributed by atoms with van der Waals surface area (Å²) < 4.78 is 23.3. The molecule has 0 aliphatic carbocycles. The highest BCUT2D eigenvalue weighted by molar-refractivity contribution is 7.89. The molecule has 0 fully saturated rings. The van der Waals surface area contributed by atoms with Crippen molar-refractivity contribution in [3.8, 4) is 0 Å². The normalized spacial score (nSPS) is 11.4. The van der Waals surface area contributed by atoms with Crippen LogP contribution < -0.4 is 16.2 Å². The SMILES string of the molecule is CCc1ccc(NC(=O)c2csc(CCN)n2)cc1S(N)(=O)=O. The van der Waals surface area contributed by atoms with Gasteiger partial charge < -0.3 is 11.1 Å². The molecule has 0 unspecified atom stereocenters. The highest BCUT2D eigenvalue weighted by Gasteiger charge is 2.16. The van der Waals surface area contributed by atoms with Gasteiger partial charge in [0.05, 0.1) is 9.90 Å². The Morgan fingerprint density at radius 1 is 1.39 bits per heavy atom. The van der Waals surface area contributed by atoms with Gasteiger partial charge in [-0.05, 0) is 30.7 Å². The second-order valence-electron chi connectivity index (χ2n) is 4.84. The zero-order chi connectivity index (χ0) is 17.0. The molecular formula is C14H18N4O3S2. The average Bonchev–Trinajstić information content (AvgIpc) is 2.95. The Labute approximate surface area is 138 Å². The number of benzene rings is 1. The van der Waals surface area contributed by atoms with Crippen molar-refractivity contribution in [1.82, 2.24) is 4.98 Å². The maximum atomic E-state index is 12.2. The number of sulfonamides is 1. The molecule has 0 aliphatic rings. The fourth-order valence-electron chi connectivity index (χ4n) is 2.04. The number of carbonyl (C=O) groups is 1. The lowest BCUT2D eigenvalue weighted by molar-refractivity contribution is 0.102. The summed E-state index contributed by atoms with van der Waals surface area (Å²) in [6.07, 6.45) is 1.13. The van der Waals surface area contributed by atoms with Gasteiger partial charge in [0.15, 0.2) is 0 Å². The number of amides is 1. The van der Waals surface area contributed by atoms with Crippen molar-refractivity contribution in [2.75, 3.05) is 11.9 Å². The van der Waals surface area contributed by atoms with Gasteiger partial charge in [0.25, 0.3) is 5.91 Å². The lowest BCUT2D eigenvalue weighted by atomic mass is 10.1. The predicted molar refractivity (Wildman–Crippen MR) is 90.0 cm³/mol. The van der Waals surface area contributed by atoms with Crippen molar-refractivity contribution in [1.29, 1.82) is 0 Å². The number of hydrogen-bond acceptors (Lipinski definition) is 6. The molecule has 0 atom stereocenters. The van der Waals surface area contributed by atoms with E-state index >= 15 is 0 Å². The van der Waals surface area contributed by atoms with Crippen molar-refractivity contribution in [2.45, 2.75) is 24.7 Å². The van der Waals surface area contributed by atoms with Crippen LogP contribution in [0.4, 0.5) is 5.69 Å². The molecule has 0 saturated carbocycles. The second kappa shape index (κ2) is 7.18.